The maximum Gasteiger partial charge on any atom is 0.227 e. The molecule has 3 aromatic rings. The van der Waals surface area contributed by atoms with Crippen molar-refractivity contribution in [1.29, 1.82) is 0 Å². The zero-order valence-corrected chi connectivity index (χ0v) is 15.4. The van der Waals surface area contributed by atoms with Crippen LogP contribution in [0.1, 0.15) is 35.0 Å². The van der Waals surface area contributed by atoms with Crippen molar-refractivity contribution in [3.05, 3.63) is 52.4 Å². The molecular weight excluding hydrogens is 348 g/mol. The van der Waals surface area contributed by atoms with Crippen molar-refractivity contribution < 1.29 is 9.32 Å². The summed E-state index contributed by atoms with van der Waals surface area (Å²) in [7, 11) is 0. The molecule has 0 bridgehead atoms. The standard InChI is InChI=1S/C19H20N4O2S/c1-13-8-17(25-22-13)16-10-20-12-21-19(16)14-4-2-6-23(11-14)18(24)9-15-5-3-7-26-15/h3,5,7-8,10,12,14H,2,4,6,9,11H2,1H3/t14-/m1/s1. The maximum atomic E-state index is 12.7. The molecule has 0 aliphatic carbocycles. The van der Waals surface area contributed by atoms with Crippen molar-refractivity contribution in [2.75, 3.05) is 13.1 Å². The molecule has 4 heterocycles. The summed E-state index contributed by atoms with van der Waals surface area (Å²) in [6, 6.07) is 5.89. The molecule has 26 heavy (non-hydrogen) atoms. The van der Waals surface area contributed by atoms with Gasteiger partial charge in [-0.05, 0) is 31.2 Å². The Bertz CT molecular complexity index is 891. The molecule has 0 saturated carbocycles. The Kier molecular flexibility index (Phi) is 4.79. The Morgan fingerprint density at radius 2 is 2.38 bits per heavy atom. The van der Waals surface area contributed by atoms with Gasteiger partial charge in [-0.25, -0.2) is 9.97 Å². The van der Waals surface area contributed by atoms with Crippen LogP contribution >= 0.6 is 11.3 Å². The Balaban J connectivity index is 1.54. The van der Waals surface area contributed by atoms with E-state index >= 15 is 0 Å². The smallest absolute Gasteiger partial charge is 0.227 e. The van der Waals surface area contributed by atoms with E-state index in [4.69, 9.17) is 4.52 Å². The van der Waals surface area contributed by atoms with Gasteiger partial charge in [0.2, 0.25) is 5.91 Å². The third-order valence-electron chi connectivity index (χ3n) is 4.70. The van der Waals surface area contributed by atoms with Crippen molar-refractivity contribution >= 4 is 17.2 Å². The number of thiophene rings is 1. The fourth-order valence-electron chi connectivity index (χ4n) is 3.45. The van der Waals surface area contributed by atoms with E-state index in [0.717, 1.165) is 41.2 Å². The normalized spacial score (nSPS) is 17.4. The van der Waals surface area contributed by atoms with E-state index in [9.17, 15) is 4.79 Å². The first-order chi connectivity index (χ1) is 12.7. The maximum absolute atomic E-state index is 12.7. The van der Waals surface area contributed by atoms with Crippen LogP contribution in [0.2, 0.25) is 0 Å². The molecule has 134 valence electrons. The van der Waals surface area contributed by atoms with Gasteiger partial charge in [0.15, 0.2) is 5.76 Å². The molecule has 1 fully saturated rings. The molecule has 1 aliphatic heterocycles. The van der Waals surface area contributed by atoms with E-state index in [2.05, 4.69) is 15.1 Å². The second kappa shape index (κ2) is 7.37. The van der Waals surface area contributed by atoms with Gasteiger partial charge in [-0.1, -0.05) is 11.2 Å². The summed E-state index contributed by atoms with van der Waals surface area (Å²) in [6.07, 6.45) is 5.78. The Morgan fingerprint density at radius 3 is 3.15 bits per heavy atom. The number of carbonyl (C=O) groups is 1. The van der Waals surface area contributed by atoms with Crippen LogP contribution in [0.15, 0.2) is 40.6 Å². The molecule has 0 spiro atoms. The number of hydrogen-bond donors (Lipinski definition) is 0. The highest BCUT2D eigenvalue weighted by Gasteiger charge is 2.28. The lowest BCUT2D eigenvalue weighted by atomic mass is 9.91. The first-order valence-corrected chi connectivity index (χ1v) is 9.62. The van der Waals surface area contributed by atoms with Crippen LogP contribution < -0.4 is 0 Å². The number of amides is 1. The van der Waals surface area contributed by atoms with Crippen LogP contribution in [0.5, 0.6) is 0 Å². The summed E-state index contributed by atoms with van der Waals surface area (Å²) in [5, 5.41) is 5.98. The number of rotatable bonds is 4. The van der Waals surface area contributed by atoms with Gasteiger partial charge in [-0.3, -0.25) is 4.79 Å². The Morgan fingerprint density at radius 1 is 1.46 bits per heavy atom. The fourth-order valence-corrected chi connectivity index (χ4v) is 4.14. The number of aromatic nitrogens is 3. The van der Waals surface area contributed by atoms with Gasteiger partial charge in [0, 0.05) is 36.1 Å². The Hall–Kier alpha value is -2.54. The molecule has 1 amide bonds. The lowest BCUT2D eigenvalue weighted by molar-refractivity contribution is -0.131. The molecule has 0 N–H and O–H groups in total. The van der Waals surface area contributed by atoms with Crippen molar-refractivity contribution in [2.24, 2.45) is 0 Å². The van der Waals surface area contributed by atoms with Crippen LogP contribution in [0, 0.1) is 6.92 Å². The van der Waals surface area contributed by atoms with E-state index in [1.54, 1.807) is 23.9 Å². The molecule has 6 nitrogen and oxygen atoms in total. The highest BCUT2D eigenvalue weighted by molar-refractivity contribution is 7.10. The largest absolute Gasteiger partial charge is 0.356 e. The number of aryl methyl sites for hydroxylation is 1. The number of nitrogens with zero attached hydrogens (tertiary/aromatic N) is 4. The van der Waals surface area contributed by atoms with Gasteiger partial charge < -0.3 is 9.42 Å². The quantitative estimate of drug-likeness (QED) is 0.705. The minimum absolute atomic E-state index is 0.180. The number of piperidine rings is 1. The molecule has 1 aliphatic rings. The summed E-state index contributed by atoms with van der Waals surface area (Å²) in [5.41, 5.74) is 2.63. The zero-order valence-electron chi connectivity index (χ0n) is 14.6. The van der Waals surface area contributed by atoms with Gasteiger partial charge in [0.05, 0.1) is 23.4 Å². The molecule has 0 aromatic carbocycles. The molecular formula is C19H20N4O2S. The van der Waals surface area contributed by atoms with E-state index < -0.39 is 0 Å². The summed E-state index contributed by atoms with van der Waals surface area (Å²) in [4.78, 5) is 24.4. The number of carbonyl (C=O) groups excluding carboxylic acids is 1. The van der Waals surface area contributed by atoms with Crippen molar-refractivity contribution in [3.8, 4) is 11.3 Å². The van der Waals surface area contributed by atoms with Gasteiger partial charge in [-0.15, -0.1) is 11.3 Å². The van der Waals surface area contributed by atoms with Gasteiger partial charge >= 0.3 is 0 Å². The molecule has 1 saturated heterocycles. The van der Waals surface area contributed by atoms with Crippen LogP contribution in [0.3, 0.4) is 0 Å². The molecule has 3 aromatic heterocycles. The van der Waals surface area contributed by atoms with Crippen molar-refractivity contribution in [2.45, 2.75) is 32.1 Å². The minimum atomic E-state index is 0.180. The number of hydrogen-bond acceptors (Lipinski definition) is 6. The van der Waals surface area contributed by atoms with Gasteiger partial charge in [0.25, 0.3) is 0 Å². The average Bonchev–Trinajstić information content (AvgIpc) is 3.33. The summed E-state index contributed by atoms with van der Waals surface area (Å²) >= 11 is 1.63. The molecule has 0 radical (unpaired) electrons. The second-order valence-electron chi connectivity index (χ2n) is 6.59. The second-order valence-corrected chi connectivity index (χ2v) is 7.62. The minimum Gasteiger partial charge on any atom is -0.356 e. The third-order valence-corrected chi connectivity index (χ3v) is 5.58. The Labute approximate surface area is 155 Å². The van der Waals surface area contributed by atoms with Crippen LogP contribution in [-0.4, -0.2) is 39.0 Å². The van der Waals surface area contributed by atoms with Crippen LogP contribution in [0.25, 0.3) is 11.3 Å². The topological polar surface area (TPSA) is 72.1 Å². The third kappa shape index (κ3) is 3.53. The summed E-state index contributed by atoms with van der Waals surface area (Å²) < 4.78 is 5.42. The lowest BCUT2D eigenvalue weighted by Gasteiger charge is -2.33. The monoisotopic (exact) mass is 368 g/mol. The predicted octanol–water partition coefficient (Wildman–Crippen LogP) is 3.45. The zero-order chi connectivity index (χ0) is 17.9. The first kappa shape index (κ1) is 16.9. The predicted molar refractivity (Wildman–Crippen MR) is 98.8 cm³/mol. The van der Waals surface area contributed by atoms with Gasteiger partial charge in [0.1, 0.15) is 6.33 Å². The summed E-state index contributed by atoms with van der Waals surface area (Å²) in [5.74, 6) is 1.04. The van der Waals surface area contributed by atoms with Crippen LogP contribution in [-0.2, 0) is 11.2 Å². The first-order valence-electron chi connectivity index (χ1n) is 8.74. The summed E-state index contributed by atoms with van der Waals surface area (Å²) in [6.45, 7) is 3.38. The number of likely N-dealkylation sites (tertiary alicyclic amines) is 1. The van der Waals surface area contributed by atoms with Gasteiger partial charge in [-0.2, -0.15) is 0 Å². The van der Waals surface area contributed by atoms with E-state index in [1.807, 2.05) is 35.4 Å². The van der Waals surface area contributed by atoms with Crippen molar-refractivity contribution in [1.82, 2.24) is 20.0 Å². The molecule has 1 atom stereocenters. The molecule has 4 rings (SSSR count). The fraction of sp³-hybridized carbons (Fsp3) is 0.368. The molecule has 0 unspecified atom stereocenters. The van der Waals surface area contributed by atoms with E-state index in [1.165, 1.54) is 0 Å². The highest BCUT2D eigenvalue weighted by atomic mass is 32.1. The molecule has 7 heteroatoms. The van der Waals surface area contributed by atoms with E-state index in [0.29, 0.717) is 18.7 Å². The SMILES string of the molecule is Cc1cc(-c2cncnc2[C@@H]2CCCN(C(=O)Cc3cccs3)C2)on1. The lowest BCUT2D eigenvalue weighted by Crippen LogP contribution is -2.40. The van der Waals surface area contributed by atoms with Crippen LogP contribution in [0.4, 0.5) is 0 Å². The average molecular weight is 368 g/mol. The van der Waals surface area contributed by atoms with Crippen molar-refractivity contribution in [3.63, 3.8) is 0 Å². The van der Waals surface area contributed by atoms with E-state index in [-0.39, 0.29) is 11.8 Å². The highest BCUT2D eigenvalue weighted by Crippen LogP contribution is 2.33.